The molecule has 1 N–H and O–H groups in total. The minimum absolute atomic E-state index is 0.0677. The number of anilines is 1. The molecule has 0 aliphatic carbocycles. The highest BCUT2D eigenvalue weighted by Gasteiger charge is 2.46. The van der Waals surface area contributed by atoms with E-state index in [9.17, 15) is 17.9 Å². The van der Waals surface area contributed by atoms with Crippen molar-refractivity contribution in [3.8, 4) is 11.5 Å². The third-order valence-corrected chi connectivity index (χ3v) is 11.1. The molecule has 15 heteroatoms. The summed E-state index contributed by atoms with van der Waals surface area (Å²) in [6.07, 6.45) is 6.99. The van der Waals surface area contributed by atoms with Crippen molar-refractivity contribution < 1.29 is 32.2 Å². The number of piperidine rings is 1. The van der Waals surface area contributed by atoms with Crippen LogP contribution in [-0.2, 0) is 20.7 Å². The maximum Gasteiger partial charge on any atom is 0.258 e. The largest absolute Gasteiger partial charge is 0.451 e. The van der Waals surface area contributed by atoms with Gasteiger partial charge in [0.2, 0.25) is 11.3 Å². The van der Waals surface area contributed by atoms with Crippen LogP contribution in [0.2, 0.25) is 0 Å². The van der Waals surface area contributed by atoms with E-state index < -0.39 is 17.1 Å². The van der Waals surface area contributed by atoms with Crippen LogP contribution in [0.3, 0.4) is 0 Å². The van der Waals surface area contributed by atoms with Crippen molar-refractivity contribution in [3.63, 3.8) is 0 Å². The maximum absolute atomic E-state index is 14.4. The van der Waals surface area contributed by atoms with E-state index in [1.54, 1.807) is 15.5 Å². The molecule has 0 bridgehead atoms. The van der Waals surface area contributed by atoms with Crippen molar-refractivity contribution in [3.05, 3.63) is 42.1 Å². The van der Waals surface area contributed by atoms with E-state index in [0.717, 1.165) is 58.4 Å². The molecule has 49 heavy (non-hydrogen) atoms. The molecule has 1 amide bonds. The predicted molar refractivity (Wildman–Crippen MR) is 183 cm³/mol. The molecule has 270 valence electrons. The molecule has 4 aliphatic rings. The third kappa shape index (κ3) is 8.24. The average Bonchev–Trinajstić information content (AvgIpc) is 3.06. The standard InChI is InChI=1S/C34H50FN7O6S/c1-24(2)41(25(3)4)33(43)29-17-26(35)5-8-30(29)48-31-18-36-23-37-32(31)39-21-34(22-39)9-11-38(12-10-34)19-28-7-6-27(20-47-28)42(49(44)45)40-13-15-46-16-14-40/h5,8,17-18,23-25,27-28H,6-7,9-16,19-22H2,1-4H3,(H,44,45)/t27-,28+/m1/s1. The van der Waals surface area contributed by atoms with Gasteiger partial charge in [0.15, 0.2) is 11.6 Å². The summed E-state index contributed by atoms with van der Waals surface area (Å²) in [7, 11) is 0. The quantitative estimate of drug-likeness (QED) is 0.344. The molecule has 1 aromatic carbocycles. The monoisotopic (exact) mass is 703 g/mol. The van der Waals surface area contributed by atoms with E-state index >= 15 is 0 Å². The predicted octanol–water partition coefficient (Wildman–Crippen LogP) is 3.80. The van der Waals surface area contributed by atoms with Gasteiger partial charge in [-0.05, 0) is 84.7 Å². The molecule has 4 saturated heterocycles. The van der Waals surface area contributed by atoms with Gasteiger partial charge in [-0.15, -0.1) is 4.41 Å². The fourth-order valence-corrected chi connectivity index (χ4v) is 8.53. The number of benzene rings is 1. The van der Waals surface area contributed by atoms with E-state index in [-0.39, 0.29) is 46.9 Å². The van der Waals surface area contributed by atoms with Crippen LogP contribution in [0.15, 0.2) is 30.7 Å². The molecule has 13 nitrogen and oxygen atoms in total. The van der Waals surface area contributed by atoms with Gasteiger partial charge >= 0.3 is 0 Å². The van der Waals surface area contributed by atoms with Crippen LogP contribution in [0.4, 0.5) is 10.2 Å². The zero-order chi connectivity index (χ0) is 34.7. The van der Waals surface area contributed by atoms with Crippen LogP contribution in [-0.4, -0.2) is 134 Å². The Balaban J connectivity index is 1.02. The zero-order valence-corrected chi connectivity index (χ0v) is 29.8. The van der Waals surface area contributed by atoms with Gasteiger partial charge in [-0.2, -0.15) is 0 Å². The lowest BCUT2D eigenvalue weighted by Crippen LogP contribution is -2.61. The fourth-order valence-electron chi connectivity index (χ4n) is 7.75. The minimum atomic E-state index is -2.09. The Morgan fingerprint density at radius 3 is 2.45 bits per heavy atom. The number of hydrazine groups is 1. The number of morpholine rings is 1. The van der Waals surface area contributed by atoms with E-state index in [2.05, 4.69) is 19.8 Å². The van der Waals surface area contributed by atoms with E-state index in [1.807, 2.05) is 32.7 Å². The average molecular weight is 704 g/mol. The highest BCUT2D eigenvalue weighted by atomic mass is 32.2. The Labute approximate surface area is 291 Å². The number of amides is 1. The van der Waals surface area contributed by atoms with E-state index in [0.29, 0.717) is 44.5 Å². The summed E-state index contributed by atoms with van der Waals surface area (Å²) < 4.78 is 56.1. The van der Waals surface area contributed by atoms with Crippen molar-refractivity contribution in [1.82, 2.24) is 29.2 Å². The first-order chi connectivity index (χ1) is 23.5. The number of likely N-dealkylation sites (tertiary alicyclic amines) is 1. The maximum atomic E-state index is 14.4. The first-order valence-corrected chi connectivity index (χ1v) is 18.5. The molecule has 0 radical (unpaired) electrons. The number of carbonyl (C=O) groups is 1. The van der Waals surface area contributed by atoms with E-state index in [4.69, 9.17) is 14.2 Å². The van der Waals surface area contributed by atoms with Crippen LogP contribution in [0, 0.1) is 11.2 Å². The zero-order valence-electron chi connectivity index (χ0n) is 29.0. The minimum Gasteiger partial charge on any atom is -0.451 e. The van der Waals surface area contributed by atoms with Gasteiger partial charge in [-0.3, -0.25) is 9.35 Å². The number of nitrogens with zero attached hydrogens (tertiary/aromatic N) is 7. The van der Waals surface area contributed by atoms with Crippen molar-refractivity contribution >= 4 is 23.0 Å². The lowest BCUT2D eigenvalue weighted by molar-refractivity contribution is -0.106. The van der Waals surface area contributed by atoms with E-state index in [1.165, 1.54) is 24.5 Å². The topological polar surface area (TPSA) is 124 Å². The Morgan fingerprint density at radius 1 is 1.10 bits per heavy atom. The van der Waals surface area contributed by atoms with Crippen LogP contribution < -0.4 is 9.64 Å². The summed E-state index contributed by atoms with van der Waals surface area (Å²) in [6, 6.07) is 3.77. The highest BCUT2D eigenvalue weighted by molar-refractivity contribution is 7.76. The van der Waals surface area contributed by atoms with Crippen LogP contribution in [0.25, 0.3) is 0 Å². The van der Waals surface area contributed by atoms with Crippen molar-refractivity contribution in [2.24, 2.45) is 5.41 Å². The molecule has 0 saturated carbocycles. The summed E-state index contributed by atoms with van der Waals surface area (Å²) in [5.41, 5.74) is 0.354. The summed E-state index contributed by atoms with van der Waals surface area (Å²) in [6.45, 7) is 15.0. The number of aromatic nitrogens is 2. The highest BCUT2D eigenvalue weighted by Crippen LogP contribution is 2.45. The number of hydrogen-bond donors (Lipinski definition) is 1. The normalized spacial score (nSPS) is 24.0. The van der Waals surface area contributed by atoms with Gasteiger partial charge in [0.05, 0.1) is 43.7 Å². The number of halogens is 1. The van der Waals surface area contributed by atoms with Crippen LogP contribution in [0.5, 0.6) is 11.5 Å². The Morgan fingerprint density at radius 2 is 1.82 bits per heavy atom. The number of ether oxygens (including phenoxy) is 3. The molecule has 6 rings (SSSR count). The van der Waals surface area contributed by atoms with Gasteiger partial charge in [0, 0.05) is 50.2 Å². The molecular weight excluding hydrogens is 653 g/mol. The Hall–Kier alpha value is -2.79. The van der Waals surface area contributed by atoms with Gasteiger partial charge in [-0.1, -0.05) is 0 Å². The lowest BCUT2D eigenvalue weighted by Gasteiger charge is -2.54. The van der Waals surface area contributed by atoms with Gasteiger partial charge in [0.1, 0.15) is 17.9 Å². The first kappa shape index (κ1) is 36.0. The van der Waals surface area contributed by atoms with Crippen LogP contribution in [0.1, 0.15) is 63.7 Å². The smallest absolute Gasteiger partial charge is 0.258 e. The first-order valence-electron chi connectivity index (χ1n) is 17.5. The van der Waals surface area contributed by atoms with Crippen molar-refractivity contribution in [2.75, 3.05) is 70.5 Å². The SMILES string of the molecule is CC(C)N(C(=O)c1cc(F)ccc1Oc1cncnc1N1CC2(CCN(C[C@@H]3CC[C@@H](N(N4CCOCC4)S(=O)O)CO3)CC2)C1)C(C)C. The second-order valence-corrected chi connectivity index (χ2v) is 15.1. The molecule has 1 spiro atoms. The molecule has 1 unspecified atom stereocenters. The molecule has 3 atom stereocenters. The van der Waals surface area contributed by atoms with Gasteiger partial charge in [0.25, 0.3) is 5.91 Å². The van der Waals surface area contributed by atoms with Gasteiger partial charge in [-0.25, -0.2) is 23.6 Å². The molecule has 1 aromatic heterocycles. The fraction of sp³-hybridized carbons (Fsp3) is 0.676. The summed E-state index contributed by atoms with van der Waals surface area (Å²) in [4.78, 5) is 28.7. The molecular formula is C34H50FN7O6S. The number of carbonyl (C=O) groups excluding carboxylic acids is 1. The summed E-state index contributed by atoms with van der Waals surface area (Å²) in [5, 5.41) is 1.92. The Bertz CT molecular complexity index is 1450. The number of rotatable bonds is 11. The molecule has 2 aromatic rings. The second-order valence-electron chi connectivity index (χ2n) is 14.3. The van der Waals surface area contributed by atoms with Crippen LogP contribution >= 0.6 is 0 Å². The molecule has 4 aliphatic heterocycles. The Kier molecular flexibility index (Phi) is 11.5. The third-order valence-electron chi connectivity index (χ3n) is 10.2. The molecule has 5 heterocycles. The summed E-state index contributed by atoms with van der Waals surface area (Å²) in [5.74, 6) is 0.573. The van der Waals surface area contributed by atoms with Gasteiger partial charge < -0.3 is 28.9 Å². The van der Waals surface area contributed by atoms with Crippen molar-refractivity contribution in [1.29, 1.82) is 0 Å². The second kappa shape index (κ2) is 15.6. The lowest BCUT2D eigenvalue weighted by atomic mass is 9.72. The van der Waals surface area contributed by atoms with Crippen molar-refractivity contribution in [2.45, 2.75) is 77.6 Å². The molecule has 4 fully saturated rings. The summed E-state index contributed by atoms with van der Waals surface area (Å²) >= 11 is -2.09. The number of hydrogen-bond acceptors (Lipinski definition) is 10.